The van der Waals surface area contributed by atoms with Crippen LogP contribution < -0.4 is 4.74 Å². The minimum Gasteiger partial charge on any atom is -0.457 e. The Balaban J connectivity index is 2.02. The van der Waals surface area contributed by atoms with Crippen molar-refractivity contribution in [2.24, 2.45) is 0 Å². The molecule has 25 heavy (non-hydrogen) atoms. The minimum absolute atomic E-state index is 0.210. The van der Waals surface area contributed by atoms with Gasteiger partial charge in [0.05, 0.1) is 0 Å². The van der Waals surface area contributed by atoms with Crippen LogP contribution >= 0.6 is 0 Å². The van der Waals surface area contributed by atoms with Crippen LogP contribution in [0.25, 0.3) is 11.1 Å². The fourth-order valence-electron chi connectivity index (χ4n) is 1.98. The van der Waals surface area contributed by atoms with Gasteiger partial charge < -0.3 is 9.47 Å². The highest BCUT2D eigenvalue weighted by Gasteiger charge is 2.06. The summed E-state index contributed by atoms with van der Waals surface area (Å²) >= 11 is 0. The molecule has 0 unspecified atom stereocenters. The van der Waals surface area contributed by atoms with Crippen LogP contribution in [0.1, 0.15) is 19.4 Å². The summed E-state index contributed by atoms with van der Waals surface area (Å²) in [4.78, 5) is 22.9. The van der Waals surface area contributed by atoms with E-state index in [-0.39, 0.29) is 6.61 Å². The molecule has 4 heteroatoms. The molecule has 2 aromatic rings. The highest BCUT2D eigenvalue weighted by atomic mass is 16.5. The van der Waals surface area contributed by atoms with E-state index in [9.17, 15) is 9.59 Å². The van der Waals surface area contributed by atoms with Gasteiger partial charge in [-0.25, -0.2) is 9.59 Å². The number of benzene rings is 2. The largest absolute Gasteiger partial charge is 0.457 e. The van der Waals surface area contributed by atoms with Crippen molar-refractivity contribution in [3.05, 3.63) is 78.4 Å². The van der Waals surface area contributed by atoms with Crippen LogP contribution in [-0.4, -0.2) is 11.9 Å². The molecule has 0 heterocycles. The Labute approximate surface area is 147 Å². The van der Waals surface area contributed by atoms with Crippen LogP contribution in [-0.2, 0) is 20.9 Å². The van der Waals surface area contributed by atoms with Gasteiger partial charge in [-0.05, 0) is 42.7 Å². The van der Waals surface area contributed by atoms with E-state index in [4.69, 9.17) is 9.47 Å². The molecule has 0 aliphatic rings. The van der Waals surface area contributed by atoms with Gasteiger partial charge in [-0.3, -0.25) is 0 Å². The predicted octanol–water partition coefficient (Wildman–Crippen LogP) is 4.45. The molecule has 128 valence electrons. The molecular weight excluding hydrogens is 316 g/mol. The van der Waals surface area contributed by atoms with Crippen molar-refractivity contribution in [2.75, 3.05) is 0 Å². The summed E-state index contributed by atoms with van der Waals surface area (Å²) in [6.07, 6.45) is 0. The zero-order chi connectivity index (χ0) is 18.4. The van der Waals surface area contributed by atoms with Crippen molar-refractivity contribution in [3.8, 4) is 16.9 Å². The molecule has 0 saturated carbocycles. The van der Waals surface area contributed by atoms with Gasteiger partial charge in [-0.15, -0.1) is 0 Å². The predicted molar refractivity (Wildman–Crippen MR) is 96.9 cm³/mol. The molecule has 0 aromatic heterocycles. The summed E-state index contributed by atoms with van der Waals surface area (Å²) in [7, 11) is 0. The summed E-state index contributed by atoms with van der Waals surface area (Å²) in [6.45, 7) is 10.5. The van der Waals surface area contributed by atoms with Crippen molar-refractivity contribution in [1.29, 1.82) is 0 Å². The Kier molecular flexibility index (Phi) is 5.90. The molecule has 0 amide bonds. The lowest BCUT2D eigenvalue weighted by molar-refractivity contribution is -0.140. The van der Waals surface area contributed by atoms with Crippen LogP contribution in [0.5, 0.6) is 5.75 Å². The van der Waals surface area contributed by atoms with Crippen LogP contribution in [0, 0.1) is 0 Å². The lowest BCUT2D eigenvalue weighted by Crippen LogP contribution is -2.07. The second-order valence-corrected chi connectivity index (χ2v) is 5.75. The van der Waals surface area contributed by atoms with Crippen molar-refractivity contribution in [1.82, 2.24) is 0 Å². The first-order valence-electron chi connectivity index (χ1n) is 7.76. The van der Waals surface area contributed by atoms with Gasteiger partial charge in [0.2, 0.25) is 0 Å². The molecule has 2 aromatic carbocycles. The summed E-state index contributed by atoms with van der Waals surface area (Å²) in [6, 6.07) is 14.9. The van der Waals surface area contributed by atoms with Crippen LogP contribution in [0.3, 0.4) is 0 Å². The third kappa shape index (κ3) is 5.18. The first-order chi connectivity index (χ1) is 11.9. The van der Waals surface area contributed by atoms with E-state index in [2.05, 4.69) is 13.2 Å². The Bertz CT molecular complexity index is 799. The van der Waals surface area contributed by atoms with E-state index >= 15 is 0 Å². The second kappa shape index (κ2) is 8.11. The van der Waals surface area contributed by atoms with Crippen molar-refractivity contribution in [2.45, 2.75) is 20.5 Å². The molecule has 0 bridgehead atoms. The topological polar surface area (TPSA) is 52.6 Å². The van der Waals surface area contributed by atoms with Gasteiger partial charge in [-0.2, -0.15) is 0 Å². The monoisotopic (exact) mass is 336 g/mol. The van der Waals surface area contributed by atoms with E-state index in [1.807, 2.05) is 36.4 Å². The number of carbonyl (C=O) groups excluding carboxylic acids is 2. The second-order valence-electron chi connectivity index (χ2n) is 5.75. The number of ether oxygens (including phenoxy) is 2. The molecule has 0 aliphatic heterocycles. The van der Waals surface area contributed by atoms with E-state index in [1.54, 1.807) is 26.0 Å². The molecule has 0 atom stereocenters. The maximum atomic E-state index is 11.5. The van der Waals surface area contributed by atoms with E-state index in [0.29, 0.717) is 16.9 Å². The molecule has 0 aliphatic carbocycles. The smallest absolute Gasteiger partial charge is 0.338 e. The number of hydrogen-bond donors (Lipinski definition) is 0. The number of esters is 2. The molecule has 0 spiro atoms. The highest BCUT2D eigenvalue weighted by Crippen LogP contribution is 2.23. The number of carbonyl (C=O) groups is 2. The molecule has 4 nitrogen and oxygen atoms in total. The van der Waals surface area contributed by atoms with E-state index in [0.717, 1.165) is 16.7 Å². The van der Waals surface area contributed by atoms with Gasteiger partial charge in [0.1, 0.15) is 12.4 Å². The van der Waals surface area contributed by atoms with Gasteiger partial charge in [-0.1, -0.05) is 49.6 Å². The molecule has 0 N–H and O–H groups in total. The molecule has 0 fully saturated rings. The molecule has 0 radical (unpaired) electrons. The fourth-order valence-corrected chi connectivity index (χ4v) is 1.98. The SMILES string of the molecule is C=C(C)C(=O)OCc1ccc(-c2ccc(OC(=O)C(=C)C)cc2)cc1. The Morgan fingerprint density at radius 2 is 1.28 bits per heavy atom. The Morgan fingerprint density at radius 1 is 0.800 bits per heavy atom. The standard InChI is InChI=1S/C21H20O4/c1-14(2)20(22)24-13-16-5-7-17(8-6-16)18-9-11-19(12-10-18)25-21(23)15(3)4/h5-12H,1,3,13H2,2,4H3. The summed E-state index contributed by atoms with van der Waals surface area (Å²) in [5.74, 6) is -0.370. The van der Waals surface area contributed by atoms with Crippen LogP contribution in [0.4, 0.5) is 0 Å². The average Bonchev–Trinajstić information content (AvgIpc) is 2.60. The van der Waals surface area contributed by atoms with Crippen molar-refractivity contribution >= 4 is 11.9 Å². The van der Waals surface area contributed by atoms with Crippen LogP contribution in [0.15, 0.2) is 72.8 Å². The zero-order valence-electron chi connectivity index (χ0n) is 14.4. The third-order valence-electron chi connectivity index (χ3n) is 3.42. The van der Waals surface area contributed by atoms with Crippen molar-refractivity contribution in [3.63, 3.8) is 0 Å². The summed E-state index contributed by atoms with van der Waals surface area (Å²) < 4.78 is 10.3. The van der Waals surface area contributed by atoms with Gasteiger partial charge >= 0.3 is 11.9 Å². The normalized spacial score (nSPS) is 10.0. The van der Waals surface area contributed by atoms with E-state index < -0.39 is 11.9 Å². The Hall–Kier alpha value is -3.14. The van der Waals surface area contributed by atoms with Gasteiger partial charge in [0, 0.05) is 11.1 Å². The average molecular weight is 336 g/mol. The van der Waals surface area contributed by atoms with E-state index in [1.165, 1.54) is 0 Å². The summed E-state index contributed by atoms with van der Waals surface area (Å²) in [5.41, 5.74) is 3.62. The van der Waals surface area contributed by atoms with Gasteiger partial charge in [0.15, 0.2) is 0 Å². The lowest BCUT2D eigenvalue weighted by Gasteiger charge is -2.07. The molecule has 2 rings (SSSR count). The van der Waals surface area contributed by atoms with Crippen LogP contribution in [0.2, 0.25) is 0 Å². The Morgan fingerprint density at radius 3 is 1.76 bits per heavy atom. The lowest BCUT2D eigenvalue weighted by atomic mass is 10.0. The van der Waals surface area contributed by atoms with Crippen molar-refractivity contribution < 1.29 is 19.1 Å². The molecule has 0 saturated heterocycles. The first-order valence-corrected chi connectivity index (χ1v) is 7.76. The maximum Gasteiger partial charge on any atom is 0.338 e. The number of hydrogen-bond acceptors (Lipinski definition) is 4. The third-order valence-corrected chi connectivity index (χ3v) is 3.42. The zero-order valence-corrected chi connectivity index (χ0v) is 14.4. The minimum atomic E-state index is -0.443. The highest BCUT2D eigenvalue weighted by molar-refractivity contribution is 5.88. The maximum absolute atomic E-state index is 11.5. The fraction of sp³-hybridized carbons (Fsp3) is 0.143. The molecular formula is C21H20O4. The number of rotatable bonds is 6. The summed E-state index contributed by atoms with van der Waals surface area (Å²) in [5, 5.41) is 0. The first kappa shape index (κ1) is 18.2. The van der Waals surface area contributed by atoms with Gasteiger partial charge in [0.25, 0.3) is 0 Å². The quantitative estimate of drug-likeness (QED) is 0.444.